The van der Waals surface area contributed by atoms with Crippen molar-refractivity contribution in [3.8, 4) is 0 Å². The number of hydrogen-bond donors (Lipinski definition) is 3. The minimum Gasteiger partial charge on any atom is -0.473 e. The van der Waals surface area contributed by atoms with E-state index in [0.717, 1.165) is 16.8 Å². The number of aryl methyl sites for hydroxylation is 1. The molecular weight excluding hydrogens is 639 g/mol. The molecule has 40 heavy (non-hydrogen) atoms. The first-order chi connectivity index (χ1) is 18.5. The van der Waals surface area contributed by atoms with Crippen LogP contribution in [0.3, 0.4) is 0 Å². The van der Waals surface area contributed by atoms with Crippen LogP contribution in [0.25, 0.3) is 0 Å². The summed E-state index contributed by atoms with van der Waals surface area (Å²) >= 11 is 2.30. The van der Waals surface area contributed by atoms with Crippen LogP contribution >= 0.6 is 22.6 Å². The van der Waals surface area contributed by atoms with Gasteiger partial charge in [0.2, 0.25) is 5.91 Å². The van der Waals surface area contributed by atoms with Crippen LogP contribution in [0.1, 0.15) is 34.8 Å². The largest absolute Gasteiger partial charge is 0.473 e. The molecule has 4 rings (SSSR count). The molecule has 0 aliphatic carbocycles. The van der Waals surface area contributed by atoms with Gasteiger partial charge in [-0.15, -0.1) is 0 Å². The number of nitrogens with one attached hydrogen (secondary N) is 1. The van der Waals surface area contributed by atoms with Gasteiger partial charge in [-0.05, 0) is 30.2 Å². The molecule has 0 radical (unpaired) electrons. The summed E-state index contributed by atoms with van der Waals surface area (Å²) in [6, 6.07) is 15.1. The van der Waals surface area contributed by atoms with Gasteiger partial charge in [-0.2, -0.15) is 0 Å². The van der Waals surface area contributed by atoms with Gasteiger partial charge in [0.05, 0.1) is 4.05 Å². The van der Waals surface area contributed by atoms with Crippen LogP contribution in [-0.2, 0) is 30.4 Å². The SMILES string of the molecule is CC(=O)ON=C(CN1CCN(C(=O)c2ccc3c(c2)CCC(=O)N3)C(I)C1)c1ccccc1.O.O=C(O)C(=O)O. The average Bonchev–Trinajstić information content (AvgIpc) is 2.91. The summed E-state index contributed by atoms with van der Waals surface area (Å²) < 4.78 is -0.0228. The lowest BCUT2D eigenvalue weighted by Gasteiger charge is -2.39. The fourth-order valence-corrected chi connectivity index (χ4v) is 5.07. The van der Waals surface area contributed by atoms with Crippen molar-refractivity contribution in [2.75, 3.05) is 31.5 Å². The number of carboxylic acids is 2. The molecule has 2 aromatic carbocycles. The molecule has 1 atom stereocenters. The third-order valence-corrected chi connectivity index (χ3v) is 6.93. The summed E-state index contributed by atoms with van der Waals surface area (Å²) in [5, 5.41) is 21.7. The van der Waals surface area contributed by atoms with Gasteiger partial charge in [0, 0.05) is 56.3 Å². The Kier molecular flexibility index (Phi) is 12.2. The topological polar surface area (TPSA) is 197 Å². The van der Waals surface area contributed by atoms with Crippen molar-refractivity contribution in [1.29, 1.82) is 0 Å². The number of alkyl halides is 1. The molecule has 2 aliphatic heterocycles. The molecule has 2 aromatic rings. The van der Waals surface area contributed by atoms with Crippen LogP contribution in [0.2, 0.25) is 0 Å². The standard InChI is InChI=1S/C24H25IN4O4.C2H2O4.H2O/c1-16(30)33-27-21(17-5-3-2-4-6-17)14-28-11-12-29(22(25)15-28)24(32)19-7-9-20-18(13-19)8-10-23(31)26-20;3-1(4)2(5)6;/h2-7,9,13,22H,8,10-12,14-15H2,1H3,(H,26,31);(H,3,4)(H,5,6);1H2. The summed E-state index contributed by atoms with van der Waals surface area (Å²) in [6.45, 7) is 3.76. The Bertz CT molecular complexity index is 1270. The number of fused-ring (bicyclic) bond motifs is 1. The fraction of sp³-hybridized carbons (Fsp3) is 0.308. The molecule has 2 aliphatic rings. The van der Waals surface area contributed by atoms with Crippen LogP contribution in [0.4, 0.5) is 5.69 Å². The zero-order chi connectivity index (χ0) is 28.5. The van der Waals surface area contributed by atoms with Crippen LogP contribution in [0, 0.1) is 0 Å². The van der Waals surface area contributed by atoms with Gasteiger partial charge >= 0.3 is 17.9 Å². The summed E-state index contributed by atoms with van der Waals surface area (Å²) in [7, 11) is 0. The average molecular weight is 668 g/mol. The minimum absolute atomic E-state index is 0. The monoisotopic (exact) mass is 668 g/mol. The number of rotatable bonds is 5. The van der Waals surface area contributed by atoms with Crippen molar-refractivity contribution in [3.05, 3.63) is 65.2 Å². The smallest absolute Gasteiger partial charge is 0.414 e. The summed E-state index contributed by atoms with van der Waals surface area (Å²) in [4.78, 5) is 63.3. The molecule has 0 saturated carbocycles. The van der Waals surface area contributed by atoms with E-state index in [4.69, 9.17) is 24.6 Å². The van der Waals surface area contributed by atoms with E-state index in [0.29, 0.717) is 50.3 Å². The molecule has 2 heterocycles. The molecule has 5 N–H and O–H groups in total. The number of hydrogen-bond acceptors (Lipinski definition) is 8. The van der Waals surface area contributed by atoms with Gasteiger partial charge in [0.1, 0.15) is 5.71 Å². The van der Waals surface area contributed by atoms with Crippen molar-refractivity contribution in [3.63, 3.8) is 0 Å². The van der Waals surface area contributed by atoms with E-state index in [2.05, 4.69) is 38.0 Å². The molecule has 1 unspecified atom stereocenters. The van der Waals surface area contributed by atoms with Crippen LogP contribution in [-0.4, -0.2) is 91.2 Å². The first-order valence-electron chi connectivity index (χ1n) is 11.9. The molecule has 214 valence electrons. The second-order valence-electron chi connectivity index (χ2n) is 8.69. The Morgan fingerprint density at radius 2 is 1.70 bits per heavy atom. The second kappa shape index (κ2) is 15.0. The Morgan fingerprint density at radius 1 is 1.02 bits per heavy atom. The number of halogens is 1. The highest BCUT2D eigenvalue weighted by atomic mass is 127. The van der Waals surface area contributed by atoms with Crippen molar-refractivity contribution < 1.29 is 44.5 Å². The Labute approximate surface area is 243 Å². The van der Waals surface area contributed by atoms with Gasteiger partial charge in [-0.3, -0.25) is 14.5 Å². The van der Waals surface area contributed by atoms with Crippen molar-refractivity contribution in [1.82, 2.24) is 9.80 Å². The molecule has 2 amide bonds. The predicted molar refractivity (Wildman–Crippen MR) is 152 cm³/mol. The highest BCUT2D eigenvalue weighted by molar-refractivity contribution is 14.1. The number of amides is 2. The Hall–Kier alpha value is -3.89. The van der Waals surface area contributed by atoms with Gasteiger partial charge in [0.15, 0.2) is 0 Å². The van der Waals surface area contributed by atoms with Gasteiger partial charge in [-0.1, -0.05) is 58.1 Å². The molecule has 1 saturated heterocycles. The molecule has 0 bridgehead atoms. The lowest BCUT2D eigenvalue weighted by atomic mass is 10.00. The Balaban J connectivity index is 0.000000723. The summed E-state index contributed by atoms with van der Waals surface area (Å²) in [5.74, 6) is -4.11. The third kappa shape index (κ3) is 9.10. The first-order valence-corrected chi connectivity index (χ1v) is 13.2. The molecule has 13 nitrogen and oxygen atoms in total. The number of oxime groups is 1. The zero-order valence-corrected chi connectivity index (χ0v) is 23.7. The lowest BCUT2D eigenvalue weighted by molar-refractivity contribution is -0.159. The molecule has 1 fully saturated rings. The number of anilines is 1. The second-order valence-corrected chi connectivity index (χ2v) is 10.1. The highest BCUT2D eigenvalue weighted by Crippen LogP contribution is 2.26. The van der Waals surface area contributed by atoms with Crippen molar-refractivity contribution >= 4 is 63.7 Å². The fourth-order valence-electron chi connectivity index (χ4n) is 3.98. The zero-order valence-electron chi connectivity index (χ0n) is 21.5. The normalized spacial score (nSPS) is 16.8. The molecular formula is C26H29IN4O9. The van der Waals surface area contributed by atoms with Crippen LogP contribution < -0.4 is 5.32 Å². The highest BCUT2D eigenvalue weighted by Gasteiger charge is 2.30. The van der Waals surface area contributed by atoms with Crippen LogP contribution in [0.5, 0.6) is 0 Å². The predicted octanol–water partition coefficient (Wildman–Crippen LogP) is 1.39. The number of aliphatic carboxylic acids is 2. The third-order valence-electron chi connectivity index (χ3n) is 5.86. The maximum absolute atomic E-state index is 13.2. The Morgan fingerprint density at radius 3 is 2.30 bits per heavy atom. The van der Waals surface area contributed by atoms with Gasteiger partial charge < -0.3 is 30.7 Å². The van der Waals surface area contributed by atoms with Gasteiger partial charge in [-0.25, -0.2) is 14.4 Å². The lowest BCUT2D eigenvalue weighted by Crippen LogP contribution is -2.53. The first kappa shape index (κ1) is 32.3. The molecule has 0 aromatic heterocycles. The van der Waals surface area contributed by atoms with E-state index in [1.54, 1.807) is 6.07 Å². The number of carbonyl (C=O) groups is 5. The van der Waals surface area contributed by atoms with E-state index < -0.39 is 17.9 Å². The van der Waals surface area contributed by atoms with E-state index in [-0.39, 0.29) is 21.3 Å². The van der Waals surface area contributed by atoms with E-state index >= 15 is 0 Å². The number of carbonyl (C=O) groups excluding carboxylic acids is 3. The number of benzene rings is 2. The van der Waals surface area contributed by atoms with Crippen molar-refractivity contribution in [2.24, 2.45) is 5.16 Å². The number of piperazine rings is 1. The number of nitrogens with zero attached hydrogens (tertiary/aromatic N) is 3. The summed E-state index contributed by atoms with van der Waals surface area (Å²) in [6.07, 6.45) is 1.09. The van der Waals surface area contributed by atoms with E-state index in [1.165, 1.54) is 6.92 Å². The van der Waals surface area contributed by atoms with E-state index in [9.17, 15) is 14.4 Å². The summed E-state index contributed by atoms with van der Waals surface area (Å²) in [5.41, 5.74) is 3.99. The van der Waals surface area contributed by atoms with Gasteiger partial charge in [0.25, 0.3) is 5.91 Å². The number of carboxylic acid groups (broad SMARTS) is 2. The molecule has 0 spiro atoms. The maximum atomic E-state index is 13.2. The van der Waals surface area contributed by atoms with Crippen LogP contribution in [0.15, 0.2) is 53.7 Å². The minimum atomic E-state index is -1.82. The van der Waals surface area contributed by atoms with E-state index in [1.807, 2.05) is 47.4 Å². The van der Waals surface area contributed by atoms with Crippen molar-refractivity contribution in [2.45, 2.75) is 23.8 Å². The maximum Gasteiger partial charge on any atom is 0.414 e. The molecule has 14 heteroatoms. The quantitative estimate of drug-likeness (QED) is 0.0802.